The molecule has 3 heterocycles. The van der Waals surface area contributed by atoms with Crippen molar-refractivity contribution in [1.29, 1.82) is 0 Å². The SMILES string of the molecule is CN1CCN(CCCNC(=O)c2cnn(-c3ccc(F)cc3)c2C2CCN(C(=O)OC(C)(C)C)CC2)CC1. The molecule has 0 bridgehead atoms. The zero-order valence-corrected chi connectivity index (χ0v) is 23.1. The van der Waals surface area contributed by atoms with Crippen LogP contribution < -0.4 is 5.32 Å². The lowest BCUT2D eigenvalue weighted by atomic mass is 9.91. The number of hydrogen-bond acceptors (Lipinski definition) is 6. The highest BCUT2D eigenvalue weighted by molar-refractivity contribution is 5.95. The van der Waals surface area contributed by atoms with E-state index in [9.17, 15) is 14.0 Å². The minimum atomic E-state index is -0.551. The van der Waals surface area contributed by atoms with Gasteiger partial charge in [-0.25, -0.2) is 13.9 Å². The van der Waals surface area contributed by atoms with Gasteiger partial charge in [0, 0.05) is 51.7 Å². The van der Waals surface area contributed by atoms with Gasteiger partial charge in [-0.05, 0) is 77.9 Å². The van der Waals surface area contributed by atoms with Crippen LogP contribution in [0.25, 0.3) is 5.69 Å². The van der Waals surface area contributed by atoms with Crippen molar-refractivity contribution in [2.24, 2.45) is 0 Å². The second-order valence-electron chi connectivity index (χ2n) is 11.3. The van der Waals surface area contributed by atoms with Gasteiger partial charge in [-0.1, -0.05) is 0 Å². The monoisotopic (exact) mass is 528 g/mol. The summed E-state index contributed by atoms with van der Waals surface area (Å²) in [4.78, 5) is 32.3. The number of halogens is 1. The summed E-state index contributed by atoms with van der Waals surface area (Å²) < 4.78 is 20.9. The Bertz CT molecular complexity index is 1080. The summed E-state index contributed by atoms with van der Waals surface area (Å²) in [5.41, 5.74) is 1.48. The van der Waals surface area contributed by atoms with Crippen LogP contribution in [0.2, 0.25) is 0 Å². The molecule has 0 atom stereocenters. The van der Waals surface area contributed by atoms with E-state index in [1.165, 1.54) is 12.1 Å². The molecule has 38 heavy (non-hydrogen) atoms. The fourth-order valence-corrected chi connectivity index (χ4v) is 5.05. The first-order valence-corrected chi connectivity index (χ1v) is 13.6. The molecule has 0 unspecified atom stereocenters. The van der Waals surface area contributed by atoms with Gasteiger partial charge in [-0.15, -0.1) is 0 Å². The van der Waals surface area contributed by atoms with E-state index in [0.717, 1.165) is 44.8 Å². The Balaban J connectivity index is 1.44. The molecule has 2 aromatic rings. The number of carbonyl (C=O) groups is 2. The molecule has 208 valence electrons. The van der Waals surface area contributed by atoms with Crippen molar-refractivity contribution < 1.29 is 18.7 Å². The molecular weight excluding hydrogens is 487 g/mol. The van der Waals surface area contributed by atoms with Crippen LogP contribution in [0.5, 0.6) is 0 Å². The molecule has 0 spiro atoms. The molecule has 2 saturated heterocycles. The van der Waals surface area contributed by atoms with E-state index in [1.807, 2.05) is 20.8 Å². The second kappa shape index (κ2) is 12.3. The van der Waals surface area contributed by atoms with E-state index >= 15 is 0 Å². The molecule has 1 aromatic heterocycles. The number of likely N-dealkylation sites (N-methyl/N-ethyl adjacent to an activating group) is 1. The topological polar surface area (TPSA) is 82.9 Å². The first kappa shape index (κ1) is 28.0. The maximum atomic E-state index is 13.6. The largest absolute Gasteiger partial charge is 0.444 e. The van der Waals surface area contributed by atoms with Crippen LogP contribution in [-0.2, 0) is 4.74 Å². The molecule has 9 nitrogen and oxygen atoms in total. The minimum absolute atomic E-state index is 0.0207. The van der Waals surface area contributed by atoms with E-state index in [4.69, 9.17) is 4.74 Å². The number of amides is 2. The number of rotatable bonds is 7. The van der Waals surface area contributed by atoms with E-state index in [0.29, 0.717) is 43.7 Å². The van der Waals surface area contributed by atoms with Crippen molar-refractivity contribution in [2.75, 3.05) is 59.4 Å². The zero-order valence-electron chi connectivity index (χ0n) is 23.1. The van der Waals surface area contributed by atoms with Crippen molar-refractivity contribution in [3.8, 4) is 5.69 Å². The number of aromatic nitrogens is 2. The Morgan fingerprint density at radius 3 is 2.34 bits per heavy atom. The second-order valence-corrected chi connectivity index (χ2v) is 11.3. The Morgan fingerprint density at radius 1 is 1.05 bits per heavy atom. The van der Waals surface area contributed by atoms with Crippen LogP contribution in [-0.4, -0.2) is 101 Å². The highest BCUT2D eigenvalue weighted by Gasteiger charge is 2.32. The molecular formula is C28H41FN6O3. The number of piperazine rings is 1. The van der Waals surface area contributed by atoms with Crippen LogP contribution in [0.1, 0.15) is 62.0 Å². The first-order valence-electron chi connectivity index (χ1n) is 13.6. The first-order chi connectivity index (χ1) is 18.1. The maximum absolute atomic E-state index is 13.6. The molecule has 2 fully saturated rings. The molecule has 0 saturated carbocycles. The van der Waals surface area contributed by atoms with Crippen molar-refractivity contribution in [1.82, 2.24) is 29.8 Å². The smallest absolute Gasteiger partial charge is 0.410 e. The summed E-state index contributed by atoms with van der Waals surface area (Å²) in [6.07, 6.45) is 3.52. The lowest BCUT2D eigenvalue weighted by Gasteiger charge is -2.34. The third-order valence-corrected chi connectivity index (χ3v) is 7.19. The quantitative estimate of drug-likeness (QED) is 0.554. The number of carbonyl (C=O) groups excluding carboxylic acids is 2. The molecule has 10 heteroatoms. The van der Waals surface area contributed by atoms with Crippen LogP contribution >= 0.6 is 0 Å². The standard InChI is InChI=1S/C28H41FN6O3/c1-28(2,3)38-27(37)34-14-10-21(11-15-34)25-24(20-31-35(25)23-8-6-22(29)7-9-23)26(36)30-12-5-13-33-18-16-32(4)17-19-33/h6-9,20-21H,5,10-19H2,1-4H3,(H,30,36). The van der Waals surface area contributed by atoms with Gasteiger partial charge in [0.2, 0.25) is 0 Å². The van der Waals surface area contributed by atoms with Gasteiger partial charge in [0.15, 0.2) is 0 Å². The third kappa shape index (κ3) is 7.32. The number of likely N-dealkylation sites (tertiary alicyclic amines) is 1. The summed E-state index contributed by atoms with van der Waals surface area (Å²) in [7, 11) is 2.14. The Hall–Kier alpha value is -2.98. The van der Waals surface area contributed by atoms with Crippen LogP contribution in [0.3, 0.4) is 0 Å². The maximum Gasteiger partial charge on any atom is 0.410 e. The van der Waals surface area contributed by atoms with E-state index < -0.39 is 5.60 Å². The number of ether oxygens (including phenoxy) is 1. The zero-order chi connectivity index (χ0) is 27.3. The number of piperidine rings is 1. The molecule has 2 aliphatic rings. The third-order valence-electron chi connectivity index (χ3n) is 7.19. The predicted octanol–water partition coefficient (Wildman–Crippen LogP) is 3.49. The fourth-order valence-electron chi connectivity index (χ4n) is 5.05. The summed E-state index contributed by atoms with van der Waals surface area (Å²) in [6, 6.07) is 6.12. The van der Waals surface area contributed by atoms with E-state index in [2.05, 4.69) is 27.3 Å². The highest BCUT2D eigenvalue weighted by Crippen LogP contribution is 2.32. The number of nitrogens with one attached hydrogen (secondary N) is 1. The fraction of sp³-hybridized carbons (Fsp3) is 0.607. The van der Waals surface area contributed by atoms with Crippen molar-refractivity contribution in [2.45, 2.75) is 51.6 Å². The van der Waals surface area contributed by atoms with Crippen molar-refractivity contribution in [3.05, 3.63) is 47.5 Å². The summed E-state index contributed by atoms with van der Waals surface area (Å²) >= 11 is 0. The molecule has 0 radical (unpaired) electrons. The summed E-state index contributed by atoms with van der Waals surface area (Å²) in [6.45, 7) is 12.4. The van der Waals surface area contributed by atoms with Gasteiger partial charge >= 0.3 is 6.09 Å². The highest BCUT2D eigenvalue weighted by atomic mass is 19.1. The molecule has 1 aromatic carbocycles. The number of nitrogens with zero attached hydrogens (tertiary/aromatic N) is 5. The van der Waals surface area contributed by atoms with Crippen LogP contribution in [0, 0.1) is 5.82 Å². The van der Waals surface area contributed by atoms with Gasteiger partial charge < -0.3 is 24.8 Å². The minimum Gasteiger partial charge on any atom is -0.444 e. The number of hydrogen-bond donors (Lipinski definition) is 1. The van der Waals surface area contributed by atoms with Crippen LogP contribution in [0.4, 0.5) is 9.18 Å². The normalized spacial score (nSPS) is 18.0. The predicted molar refractivity (Wildman–Crippen MR) is 144 cm³/mol. The van der Waals surface area contributed by atoms with E-state index in [1.54, 1.807) is 27.9 Å². The van der Waals surface area contributed by atoms with E-state index in [-0.39, 0.29) is 23.7 Å². The Labute approximate surface area is 224 Å². The van der Waals surface area contributed by atoms with Gasteiger partial charge in [0.05, 0.1) is 23.1 Å². The lowest BCUT2D eigenvalue weighted by Crippen LogP contribution is -2.45. The van der Waals surface area contributed by atoms with Gasteiger partial charge in [0.25, 0.3) is 5.91 Å². The lowest BCUT2D eigenvalue weighted by molar-refractivity contribution is 0.0203. The Morgan fingerprint density at radius 2 is 1.71 bits per heavy atom. The van der Waals surface area contributed by atoms with Crippen molar-refractivity contribution >= 4 is 12.0 Å². The van der Waals surface area contributed by atoms with Gasteiger partial charge in [0.1, 0.15) is 11.4 Å². The molecule has 1 N–H and O–H groups in total. The summed E-state index contributed by atoms with van der Waals surface area (Å²) in [5.74, 6) is -0.458. The molecule has 4 rings (SSSR count). The van der Waals surface area contributed by atoms with Gasteiger partial charge in [-0.3, -0.25) is 4.79 Å². The molecule has 2 aliphatic heterocycles. The number of benzene rings is 1. The molecule has 0 aliphatic carbocycles. The summed E-state index contributed by atoms with van der Waals surface area (Å²) in [5, 5.41) is 7.62. The average molecular weight is 529 g/mol. The van der Waals surface area contributed by atoms with Gasteiger partial charge in [-0.2, -0.15) is 5.10 Å². The Kier molecular flexibility index (Phi) is 9.04. The van der Waals surface area contributed by atoms with Crippen LogP contribution in [0.15, 0.2) is 30.5 Å². The van der Waals surface area contributed by atoms with Crippen molar-refractivity contribution in [3.63, 3.8) is 0 Å². The molecule has 2 amide bonds. The average Bonchev–Trinajstić information content (AvgIpc) is 3.32.